The van der Waals surface area contributed by atoms with E-state index in [1.54, 1.807) is 0 Å². The third-order valence-corrected chi connectivity index (χ3v) is 22.2. The maximum absolute atomic E-state index is 15.9. The van der Waals surface area contributed by atoms with Gasteiger partial charge in [0.2, 0.25) is 82.3 Å². The number of esters is 10. The number of phenols is 24. The van der Waals surface area contributed by atoms with E-state index in [0.29, 0.717) is 30.3 Å². The predicted molar refractivity (Wildman–Crippen MR) is 409 cm³/mol. The number of rotatable bonds is 4. The van der Waals surface area contributed by atoms with E-state index in [4.69, 9.17) is 71.1 Å². The second-order valence-electron chi connectivity index (χ2n) is 30.1. The molecular weight excluding hydrogens is 1830 g/mol. The quantitative estimate of drug-likeness (QED) is 0.0512. The molecule has 53 nitrogen and oxygen atoms in total. The Morgan fingerprint density at radius 3 is 1.19 bits per heavy atom. The molecule has 27 N–H and O–H groups in total. The predicted octanol–water partition coefficient (Wildman–Crippen LogP) is 1.37. The average Bonchev–Trinajstić information content (AvgIpc) is 1.16. The van der Waals surface area contributed by atoms with Gasteiger partial charge in [-0.05, 0) is 54.6 Å². The molecular formula is C82H54O53. The lowest BCUT2D eigenvalue weighted by molar-refractivity contribution is -0.339. The van der Waals surface area contributed by atoms with Crippen LogP contribution in [0.25, 0.3) is 22.3 Å². The Balaban J connectivity index is 0.861. The number of benzene rings is 9. The van der Waals surface area contributed by atoms with Crippen molar-refractivity contribution in [2.24, 2.45) is 0 Å². The highest BCUT2D eigenvalue weighted by atomic mass is 16.8. The summed E-state index contributed by atoms with van der Waals surface area (Å²) in [6.07, 6.45) is -29.0. The molecule has 8 aliphatic rings. The molecule has 6 bridgehead atoms. The summed E-state index contributed by atoms with van der Waals surface area (Å²) in [5.74, 6) is -80.8. The third kappa shape index (κ3) is 13.7. The van der Waals surface area contributed by atoms with Crippen LogP contribution in [0.4, 0.5) is 0 Å². The largest absolute Gasteiger partial charge is 0.504 e. The van der Waals surface area contributed by atoms with Crippen LogP contribution >= 0.6 is 0 Å². The van der Waals surface area contributed by atoms with E-state index in [-0.39, 0.29) is 42.5 Å². The van der Waals surface area contributed by atoms with Crippen molar-refractivity contribution in [1.29, 1.82) is 0 Å². The summed E-state index contributed by atoms with van der Waals surface area (Å²) in [7, 11) is 0. The highest BCUT2D eigenvalue weighted by Crippen LogP contribution is 2.63. The first-order valence-electron chi connectivity index (χ1n) is 37.7. The number of aliphatic hydroxyl groups is 3. The molecule has 7 heterocycles. The van der Waals surface area contributed by atoms with Gasteiger partial charge in [0.1, 0.15) is 36.5 Å². The van der Waals surface area contributed by atoms with Gasteiger partial charge in [0, 0.05) is 46.0 Å². The van der Waals surface area contributed by atoms with E-state index < -0.39 is 408 Å². The van der Waals surface area contributed by atoms with Crippen LogP contribution in [0.3, 0.4) is 0 Å². The summed E-state index contributed by atoms with van der Waals surface area (Å²) >= 11 is 0. The Morgan fingerprint density at radius 1 is 0.319 bits per heavy atom. The molecule has 12 atom stereocenters. The van der Waals surface area contributed by atoms with Crippen LogP contribution in [-0.4, -0.2) is 290 Å². The summed E-state index contributed by atoms with van der Waals surface area (Å²) < 4.78 is 86.9. The molecule has 0 radical (unpaired) electrons. The maximum atomic E-state index is 15.9. The number of phenolic OH excluding ortho intramolecular Hbond substituents is 24. The van der Waals surface area contributed by atoms with Crippen molar-refractivity contribution in [2.75, 3.05) is 13.2 Å². The second kappa shape index (κ2) is 31.1. The fourth-order valence-electron chi connectivity index (χ4n) is 15.7. The molecule has 9 aromatic carbocycles. The zero-order valence-corrected chi connectivity index (χ0v) is 65.9. The molecule has 0 amide bonds. The van der Waals surface area contributed by atoms with Crippen molar-refractivity contribution in [1.82, 2.24) is 0 Å². The Hall–Kier alpha value is -18.5. The zero-order valence-electron chi connectivity index (χ0n) is 65.9. The van der Waals surface area contributed by atoms with Gasteiger partial charge < -0.3 is 209 Å². The Labute approximate surface area is 739 Å². The van der Waals surface area contributed by atoms with Crippen LogP contribution in [0.2, 0.25) is 0 Å². The Kier molecular flexibility index (Phi) is 20.4. The van der Waals surface area contributed by atoms with E-state index in [2.05, 4.69) is 0 Å². The molecule has 0 unspecified atom stereocenters. The first kappa shape index (κ1) is 88.5. The molecule has 53 heteroatoms. The fraction of sp³-hybridized carbons (Fsp3) is 0.183. The zero-order chi connectivity index (χ0) is 97.6. The molecule has 0 aromatic heterocycles. The van der Waals surface area contributed by atoms with E-state index in [1.807, 2.05) is 0 Å². The standard InChI is InChI=1S/C82H54O53/c83-25-1-15(2-26(84)45(25)94)69(108)129-65-62-36(13-121-71(110)17-5-29(87)47(96)53(102)39(17)40-18(73(112)127-62)6-30(88)48(97)54(40)103)125-80-67(65)132-77(116)23-9-32(90)50(99)57(106)59(23)123-35-11-21-42(56(105)61(35)126-60-24(78(117)134-80)10-33(91)51(100)58(60)107)41-19(7-31(89)49(98)55(41)104)74(113)130-66-63-37(14-122-72(21)111)124-79(133-70(109)16-3-27(85)46(95)28(86)4-16)68(66)131-75(114)20-8-34(92)52(101)64-43(20)44-22(76(115)128-63)12-38(93)82(120,135-64)81(44,118)119/h1-12,36-37,44,62-63,65-68,79-80,83-92,94-107,118-120H,13-14H2/t36-,37-,44+,62-,63-,65+,66-,67-,68-,79+,80+,82+/m1/s1. The number of ether oxygens (including phenoxy) is 15. The summed E-state index contributed by atoms with van der Waals surface area (Å²) in [6.45, 7) is -3.37. The van der Waals surface area contributed by atoms with Crippen molar-refractivity contribution in [3.63, 3.8) is 0 Å². The van der Waals surface area contributed by atoms with Crippen LogP contribution in [0.15, 0.2) is 78.4 Å². The van der Waals surface area contributed by atoms with Crippen LogP contribution < -0.4 is 14.2 Å². The van der Waals surface area contributed by atoms with Crippen LogP contribution in [0.1, 0.15) is 105 Å². The number of carbonyl (C=O) groups excluding carboxylic acids is 11. The minimum absolute atomic E-state index is 0.0799. The van der Waals surface area contributed by atoms with Crippen LogP contribution in [-0.2, 0) is 66.4 Å². The second-order valence-corrected chi connectivity index (χ2v) is 30.1. The highest BCUT2D eigenvalue weighted by molar-refractivity contribution is 6.12. The van der Waals surface area contributed by atoms with Crippen molar-refractivity contribution in [2.45, 2.75) is 78.9 Å². The smallest absolute Gasteiger partial charge is 0.344 e. The topological polar surface area (TPSA) is 872 Å². The van der Waals surface area contributed by atoms with Gasteiger partial charge in [-0.2, -0.15) is 0 Å². The van der Waals surface area contributed by atoms with E-state index in [0.717, 1.165) is 0 Å². The number of carbonyl (C=O) groups is 11. The first-order chi connectivity index (χ1) is 63.5. The number of fused-ring (bicyclic) bond motifs is 12. The lowest BCUT2D eigenvalue weighted by Gasteiger charge is -2.49. The van der Waals surface area contributed by atoms with Gasteiger partial charge in [0.25, 0.3) is 5.79 Å². The Bertz CT molecular complexity index is 6890. The summed E-state index contributed by atoms with van der Waals surface area (Å²) in [5.41, 5.74) is -20.8. The Morgan fingerprint density at radius 2 is 0.689 bits per heavy atom. The molecule has 2 saturated heterocycles. The van der Waals surface area contributed by atoms with Gasteiger partial charge in [-0.25, -0.2) is 47.9 Å². The number of aromatic hydroxyl groups is 24. The SMILES string of the molecule is O=C1O[C@H]2[C@H]3OC(=O)c4cc(O)c(O)c(O)c4-c4c(cc5c(c4O)Oc4c(cc(O)c(O)c4O)C(=O)O[C@@H]4O[C@@H]6COC(=O)c7cc(O)c(O)c(O)c7-c7c(cc(O)c(O)c7O)C(=O)O[C@H]6[C@H](OC(=O)c6cc(O)c(O)c(O)c6)[C@H]4OC(=O)c4cc(O)c(O)c(O)c4O5)C(=O)OC[C@H]2O[C@@H](OC(=O)c2cc(O)c(O)c(O)c2)[C@@H]3OC(=O)c2cc(O)c(O)c3c2[C@@H]2C1=CC(=O)[C@](O)(O3)C2(O)O. The molecule has 2 fully saturated rings. The van der Waals surface area contributed by atoms with Gasteiger partial charge in [-0.1, -0.05) is 0 Å². The summed E-state index contributed by atoms with van der Waals surface area (Å²) in [4.78, 5) is 166. The molecule has 1 aliphatic carbocycles. The molecule has 9 aromatic rings. The van der Waals surface area contributed by atoms with Gasteiger partial charge >= 0.3 is 65.5 Å². The van der Waals surface area contributed by atoms with Gasteiger partial charge in [0.15, 0.2) is 139 Å². The van der Waals surface area contributed by atoms with Gasteiger partial charge in [-0.3, -0.25) is 4.79 Å². The van der Waals surface area contributed by atoms with Crippen molar-refractivity contribution in [3.8, 4) is 189 Å². The van der Waals surface area contributed by atoms with Gasteiger partial charge in [0.05, 0.1) is 50.4 Å². The molecule has 0 saturated carbocycles. The van der Waals surface area contributed by atoms with E-state index in [1.165, 1.54) is 0 Å². The molecule has 135 heavy (non-hydrogen) atoms. The number of hydrogen-bond donors (Lipinski definition) is 27. The lowest BCUT2D eigenvalue weighted by atomic mass is 9.70. The number of hydrogen-bond acceptors (Lipinski definition) is 53. The van der Waals surface area contributed by atoms with Crippen molar-refractivity contribution < 1.29 is 262 Å². The van der Waals surface area contributed by atoms with Crippen molar-refractivity contribution >= 4 is 65.5 Å². The molecule has 7 aliphatic heterocycles. The molecule has 700 valence electrons. The molecule has 0 spiro atoms. The number of ketones is 1. The monoisotopic (exact) mass is 1890 g/mol. The highest BCUT2D eigenvalue weighted by Gasteiger charge is 2.71. The normalized spacial score (nSPS) is 23.1. The minimum Gasteiger partial charge on any atom is -0.504 e. The van der Waals surface area contributed by atoms with Crippen LogP contribution in [0, 0.1) is 0 Å². The summed E-state index contributed by atoms with van der Waals surface area (Å²) in [6, 6.07) is 2.77. The van der Waals surface area contributed by atoms with Crippen LogP contribution in [0.5, 0.6) is 167 Å². The minimum atomic E-state index is -4.23. The number of cyclic esters (lactones) is 2. The first-order valence-corrected chi connectivity index (χ1v) is 37.7. The van der Waals surface area contributed by atoms with Crippen molar-refractivity contribution in [3.05, 3.63) is 134 Å². The van der Waals surface area contributed by atoms with E-state index in [9.17, 15) is 157 Å². The third-order valence-electron chi connectivity index (χ3n) is 22.2. The average molecular weight is 1890 g/mol. The maximum Gasteiger partial charge on any atom is 0.344 e. The summed E-state index contributed by atoms with van der Waals surface area (Å²) in [5, 5.41) is 305. The molecule has 17 rings (SSSR count). The fourth-order valence-corrected chi connectivity index (χ4v) is 15.7. The van der Waals surface area contributed by atoms with Gasteiger partial charge in [-0.15, -0.1) is 0 Å². The lowest BCUT2D eigenvalue weighted by Crippen LogP contribution is -2.70. The van der Waals surface area contributed by atoms with E-state index >= 15 is 33.6 Å².